The van der Waals surface area contributed by atoms with E-state index in [2.05, 4.69) is 24.1 Å². The van der Waals surface area contributed by atoms with Gasteiger partial charge in [-0.05, 0) is 13.3 Å². The molecule has 15 heavy (non-hydrogen) atoms. The fourth-order valence-electron chi connectivity index (χ4n) is 1.95. The van der Waals surface area contributed by atoms with Crippen molar-refractivity contribution in [2.75, 3.05) is 37.7 Å². The van der Waals surface area contributed by atoms with Gasteiger partial charge in [-0.3, -0.25) is 9.11 Å². The molecule has 1 N–H and O–H groups in total. The van der Waals surface area contributed by atoms with Crippen LogP contribution in [-0.4, -0.2) is 52.3 Å². The number of nitrogens with zero attached hydrogens (tertiary/aromatic N) is 1. The first-order valence-corrected chi connectivity index (χ1v) is 7.41. The van der Waals surface area contributed by atoms with Crippen LogP contribution < -0.4 is 5.32 Å². The minimum atomic E-state index is -0.617. The summed E-state index contributed by atoms with van der Waals surface area (Å²) in [5, 5.41) is 3.56. The quantitative estimate of drug-likeness (QED) is 0.762. The molecule has 2 unspecified atom stereocenters. The van der Waals surface area contributed by atoms with Crippen LogP contribution in [0.2, 0.25) is 0 Å². The average molecular weight is 232 g/mol. The van der Waals surface area contributed by atoms with Crippen LogP contribution in [-0.2, 0) is 10.8 Å². The third-order valence-corrected chi connectivity index (χ3v) is 4.57. The maximum atomic E-state index is 11.4. The molecule has 1 aliphatic rings. The highest BCUT2D eigenvalue weighted by molar-refractivity contribution is 7.84. The highest BCUT2D eigenvalue weighted by Gasteiger charge is 2.28. The largest absolute Gasteiger partial charge is 0.309 e. The Morgan fingerprint density at radius 2 is 2.20 bits per heavy atom. The Balaban J connectivity index is 2.33. The summed E-state index contributed by atoms with van der Waals surface area (Å²) in [7, 11) is -0.617. The van der Waals surface area contributed by atoms with Crippen LogP contribution in [0, 0.1) is 0 Å². The first-order chi connectivity index (χ1) is 7.09. The molecule has 1 aliphatic heterocycles. The Hall–Kier alpha value is 0.0700. The summed E-state index contributed by atoms with van der Waals surface area (Å²) in [6.45, 7) is 10.7. The number of piperazine rings is 1. The van der Waals surface area contributed by atoms with Gasteiger partial charge in [-0.25, -0.2) is 0 Å². The van der Waals surface area contributed by atoms with Gasteiger partial charge in [0.15, 0.2) is 0 Å². The van der Waals surface area contributed by atoms with Crippen LogP contribution in [0.25, 0.3) is 0 Å². The molecule has 0 aromatic carbocycles. The van der Waals surface area contributed by atoms with E-state index >= 15 is 0 Å². The predicted octanol–water partition coefficient (Wildman–Crippen LogP) is 0.829. The lowest BCUT2D eigenvalue weighted by Crippen LogP contribution is -2.58. The highest BCUT2D eigenvalue weighted by atomic mass is 32.2. The molecule has 0 saturated carbocycles. The molecule has 0 aliphatic carbocycles. The van der Waals surface area contributed by atoms with Crippen LogP contribution in [0.5, 0.6) is 0 Å². The number of nitrogens with one attached hydrogen (secondary N) is 1. The Morgan fingerprint density at radius 3 is 2.80 bits per heavy atom. The first kappa shape index (κ1) is 13.1. The standard InChI is InChI=1S/C11H24N2OS/c1-4-11(3)10-13(7-6-12-11)8-9-15(14)5-2/h12H,4-10H2,1-3H3. The van der Waals surface area contributed by atoms with Gasteiger partial charge in [0.25, 0.3) is 0 Å². The van der Waals surface area contributed by atoms with Gasteiger partial charge in [0.2, 0.25) is 0 Å². The monoisotopic (exact) mass is 232 g/mol. The molecule has 0 amide bonds. The third-order valence-electron chi connectivity index (χ3n) is 3.29. The predicted molar refractivity (Wildman–Crippen MR) is 66.7 cm³/mol. The molecular formula is C11H24N2OS. The summed E-state index contributed by atoms with van der Waals surface area (Å²) in [5.74, 6) is 1.62. The minimum absolute atomic E-state index is 0.256. The van der Waals surface area contributed by atoms with Crippen molar-refractivity contribution < 1.29 is 4.21 Å². The van der Waals surface area contributed by atoms with Crippen molar-refractivity contribution in [3.05, 3.63) is 0 Å². The zero-order chi connectivity index (χ0) is 11.3. The highest BCUT2D eigenvalue weighted by Crippen LogP contribution is 2.14. The Labute approximate surface area is 96.1 Å². The molecule has 1 rings (SSSR count). The maximum absolute atomic E-state index is 11.4. The fourth-order valence-corrected chi connectivity index (χ4v) is 2.70. The lowest BCUT2D eigenvalue weighted by atomic mass is 9.96. The van der Waals surface area contributed by atoms with Crippen LogP contribution in [0.1, 0.15) is 27.2 Å². The molecule has 1 heterocycles. The van der Waals surface area contributed by atoms with Crippen molar-refractivity contribution in [1.82, 2.24) is 10.2 Å². The second-order valence-corrected chi connectivity index (χ2v) is 6.42. The van der Waals surface area contributed by atoms with E-state index in [4.69, 9.17) is 0 Å². The lowest BCUT2D eigenvalue weighted by molar-refractivity contribution is 0.147. The van der Waals surface area contributed by atoms with Gasteiger partial charge < -0.3 is 5.32 Å². The third kappa shape index (κ3) is 4.21. The SMILES string of the molecule is CCS(=O)CCN1CCNC(C)(CC)C1. The fraction of sp³-hybridized carbons (Fsp3) is 1.00. The summed E-state index contributed by atoms with van der Waals surface area (Å²) < 4.78 is 11.4. The van der Waals surface area contributed by atoms with Gasteiger partial charge in [-0.1, -0.05) is 13.8 Å². The molecular weight excluding hydrogens is 208 g/mol. The van der Waals surface area contributed by atoms with Gasteiger partial charge in [0.05, 0.1) is 0 Å². The Morgan fingerprint density at radius 1 is 1.47 bits per heavy atom. The smallest absolute Gasteiger partial charge is 0.0362 e. The van der Waals surface area contributed by atoms with Crippen LogP contribution >= 0.6 is 0 Å². The van der Waals surface area contributed by atoms with E-state index in [1.165, 1.54) is 0 Å². The van der Waals surface area contributed by atoms with Crippen molar-refractivity contribution in [2.24, 2.45) is 0 Å². The van der Waals surface area contributed by atoms with E-state index in [1.807, 2.05) is 6.92 Å². The van der Waals surface area contributed by atoms with E-state index < -0.39 is 10.8 Å². The van der Waals surface area contributed by atoms with Crippen LogP contribution in [0.3, 0.4) is 0 Å². The maximum Gasteiger partial charge on any atom is 0.0362 e. The molecule has 0 aromatic heterocycles. The molecule has 0 bridgehead atoms. The van der Waals surface area contributed by atoms with E-state index in [-0.39, 0.29) is 5.54 Å². The second kappa shape index (κ2) is 5.97. The van der Waals surface area contributed by atoms with E-state index in [0.29, 0.717) is 0 Å². The number of hydrogen-bond donors (Lipinski definition) is 1. The van der Waals surface area contributed by atoms with Gasteiger partial charge in [0, 0.05) is 54.0 Å². The van der Waals surface area contributed by atoms with Gasteiger partial charge in [-0.2, -0.15) is 0 Å². The molecule has 90 valence electrons. The molecule has 2 atom stereocenters. The summed E-state index contributed by atoms with van der Waals surface area (Å²) in [4.78, 5) is 2.44. The normalized spacial score (nSPS) is 30.3. The zero-order valence-electron chi connectivity index (χ0n) is 10.2. The topological polar surface area (TPSA) is 32.3 Å². The van der Waals surface area contributed by atoms with Crippen molar-refractivity contribution >= 4 is 10.8 Å². The van der Waals surface area contributed by atoms with Crippen molar-refractivity contribution in [2.45, 2.75) is 32.7 Å². The van der Waals surface area contributed by atoms with E-state index in [0.717, 1.165) is 44.1 Å². The zero-order valence-corrected chi connectivity index (χ0v) is 11.0. The second-order valence-electron chi connectivity index (χ2n) is 4.55. The summed E-state index contributed by atoms with van der Waals surface area (Å²) in [5.41, 5.74) is 0.256. The summed E-state index contributed by atoms with van der Waals surface area (Å²) >= 11 is 0. The Kier molecular flexibility index (Phi) is 5.23. The number of hydrogen-bond acceptors (Lipinski definition) is 3. The van der Waals surface area contributed by atoms with Crippen molar-refractivity contribution in [3.63, 3.8) is 0 Å². The van der Waals surface area contributed by atoms with Crippen LogP contribution in [0.15, 0.2) is 0 Å². The molecule has 3 nitrogen and oxygen atoms in total. The van der Waals surface area contributed by atoms with Gasteiger partial charge >= 0.3 is 0 Å². The van der Waals surface area contributed by atoms with E-state index in [1.54, 1.807) is 0 Å². The molecule has 1 saturated heterocycles. The first-order valence-electron chi connectivity index (χ1n) is 5.92. The van der Waals surface area contributed by atoms with Crippen molar-refractivity contribution in [1.29, 1.82) is 0 Å². The summed E-state index contributed by atoms with van der Waals surface area (Å²) in [6, 6.07) is 0. The van der Waals surface area contributed by atoms with Gasteiger partial charge in [0.1, 0.15) is 0 Å². The van der Waals surface area contributed by atoms with E-state index in [9.17, 15) is 4.21 Å². The van der Waals surface area contributed by atoms with Crippen LogP contribution in [0.4, 0.5) is 0 Å². The molecule has 0 radical (unpaired) electrons. The van der Waals surface area contributed by atoms with Gasteiger partial charge in [-0.15, -0.1) is 0 Å². The lowest BCUT2D eigenvalue weighted by Gasteiger charge is -2.41. The molecule has 4 heteroatoms. The number of rotatable bonds is 5. The molecule has 0 aromatic rings. The minimum Gasteiger partial charge on any atom is -0.309 e. The summed E-state index contributed by atoms with van der Waals surface area (Å²) in [6.07, 6.45) is 1.15. The average Bonchev–Trinajstić information content (AvgIpc) is 2.26. The Bertz CT molecular complexity index is 223. The van der Waals surface area contributed by atoms with Crippen molar-refractivity contribution in [3.8, 4) is 0 Å². The molecule has 1 fully saturated rings. The molecule has 0 spiro atoms.